The maximum Gasteiger partial charge on any atom is 0.253 e. The first-order valence-corrected chi connectivity index (χ1v) is 7.29. The van der Waals surface area contributed by atoms with Crippen molar-refractivity contribution in [3.8, 4) is 6.07 Å². The molecule has 0 saturated carbocycles. The van der Waals surface area contributed by atoms with Gasteiger partial charge in [-0.05, 0) is 25.0 Å². The van der Waals surface area contributed by atoms with Crippen LogP contribution in [0, 0.1) is 11.3 Å². The Morgan fingerprint density at radius 3 is 2.81 bits per heavy atom. The lowest BCUT2D eigenvalue weighted by atomic mass is 10.2. The number of carbonyl (C=O) groups excluding carboxylic acids is 1. The minimum Gasteiger partial charge on any atom is -0.365 e. The van der Waals surface area contributed by atoms with Gasteiger partial charge in [-0.3, -0.25) is 4.79 Å². The molecule has 1 unspecified atom stereocenters. The summed E-state index contributed by atoms with van der Waals surface area (Å²) in [5.41, 5.74) is 1.33. The summed E-state index contributed by atoms with van der Waals surface area (Å²) in [5.74, 6) is 0.0961. The maximum atomic E-state index is 12.4. The number of pyridine rings is 1. The maximum absolute atomic E-state index is 12.4. The molecule has 0 N–H and O–H groups in total. The van der Waals surface area contributed by atoms with Crippen LogP contribution < -0.4 is 4.90 Å². The molecule has 6 heteroatoms. The van der Waals surface area contributed by atoms with Gasteiger partial charge in [-0.1, -0.05) is 0 Å². The number of nitrogens with zero attached hydrogens (tertiary/aromatic N) is 4. The Bertz CT molecular complexity index is 546. The monoisotopic (exact) mass is 286 g/mol. The third-order valence-corrected chi connectivity index (χ3v) is 3.99. The van der Waals surface area contributed by atoms with E-state index in [1.165, 1.54) is 0 Å². The zero-order valence-electron chi connectivity index (χ0n) is 11.9. The van der Waals surface area contributed by atoms with Crippen LogP contribution in [-0.4, -0.2) is 54.7 Å². The molecule has 2 saturated heterocycles. The molecule has 0 bridgehead atoms. The Balaban J connectivity index is 1.67. The van der Waals surface area contributed by atoms with Gasteiger partial charge in [-0.15, -0.1) is 0 Å². The predicted octanol–water partition coefficient (Wildman–Crippen LogP) is 0.781. The van der Waals surface area contributed by atoms with Gasteiger partial charge >= 0.3 is 0 Å². The molecule has 2 aliphatic rings. The van der Waals surface area contributed by atoms with E-state index in [1.54, 1.807) is 12.3 Å². The van der Waals surface area contributed by atoms with Gasteiger partial charge in [0.25, 0.3) is 5.91 Å². The fourth-order valence-corrected chi connectivity index (χ4v) is 2.81. The number of ether oxygens (including phenoxy) is 1. The second kappa shape index (κ2) is 6.10. The number of amides is 1. The van der Waals surface area contributed by atoms with Crippen molar-refractivity contribution < 1.29 is 9.53 Å². The predicted molar refractivity (Wildman–Crippen MR) is 76.7 cm³/mol. The molecule has 3 heterocycles. The van der Waals surface area contributed by atoms with E-state index in [0.29, 0.717) is 18.8 Å². The van der Waals surface area contributed by atoms with Gasteiger partial charge in [0.1, 0.15) is 11.8 Å². The van der Waals surface area contributed by atoms with Crippen LogP contribution in [0.2, 0.25) is 0 Å². The van der Waals surface area contributed by atoms with Gasteiger partial charge in [0.15, 0.2) is 6.10 Å². The Kier molecular flexibility index (Phi) is 4.02. The summed E-state index contributed by atoms with van der Waals surface area (Å²) in [5, 5.41) is 8.78. The van der Waals surface area contributed by atoms with Gasteiger partial charge < -0.3 is 14.5 Å². The van der Waals surface area contributed by atoms with Crippen LogP contribution in [-0.2, 0) is 9.53 Å². The minimum absolute atomic E-state index is 0.0961. The molecule has 6 nitrogen and oxygen atoms in total. The largest absolute Gasteiger partial charge is 0.365 e. The summed E-state index contributed by atoms with van der Waals surface area (Å²) in [6.07, 6.45) is 3.46. The second-order valence-electron chi connectivity index (χ2n) is 5.35. The van der Waals surface area contributed by atoms with E-state index in [1.807, 2.05) is 17.0 Å². The Morgan fingerprint density at radius 2 is 2.14 bits per heavy atom. The van der Waals surface area contributed by atoms with Crippen molar-refractivity contribution in [2.45, 2.75) is 18.9 Å². The summed E-state index contributed by atoms with van der Waals surface area (Å²) in [4.78, 5) is 20.5. The number of hydrogen-bond donors (Lipinski definition) is 0. The lowest BCUT2D eigenvalue weighted by Crippen LogP contribution is -2.50. The van der Waals surface area contributed by atoms with Crippen molar-refractivity contribution >= 4 is 11.6 Å². The summed E-state index contributed by atoms with van der Waals surface area (Å²) in [7, 11) is 0. The molecule has 0 spiro atoms. The van der Waals surface area contributed by atoms with Crippen LogP contribution in [0.5, 0.6) is 0 Å². The minimum atomic E-state index is -0.396. The normalized spacial score (nSPS) is 22.1. The molecule has 2 aliphatic heterocycles. The van der Waals surface area contributed by atoms with Crippen molar-refractivity contribution in [1.29, 1.82) is 5.26 Å². The van der Waals surface area contributed by atoms with E-state index in [0.717, 1.165) is 38.2 Å². The molecule has 110 valence electrons. The Labute approximate surface area is 123 Å². The lowest BCUT2D eigenvalue weighted by Gasteiger charge is -2.35. The molecule has 1 aromatic heterocycles. The van der Waals surface area contributed by atoms with Crippen LogP contribution in [0.3, 0.4) is 0 Å². The van der Waals surface area contributed by atoms with Crippen LogP contribution in [0.4, 0.5) is 5.69 Å². The van der Waals surface area contributed by atoms with Crippen LogP contribution in [0.1, 0.15) is 18.5 Å². The molecule has 0 aromatic carbocycles. The molecule has 3 rings (SSSR count). The second-order valence-corrected chi connectivity index (χ2v) is 5.35. The number of hydrogen-bond acceptors (Lipinski definition) is 5. The molecular weight excluding hydrogens is 268 g/mol. The third kappa shape index (κ3) is 2.98. The van der Waals surface area contributed by atoms with E-state index in [4.69, 9.17) is 10.00 Å². The topological polar surface area (TPSA) is 69.5 Å². The summed E-state index contributed by atoms with van der Waals surface area (Å²) in [6, 6.07) is 5.57. The van der Waals surface area contributed by atoms with E-state index in [9.17, 15) is 4.79 Å². The number of nitriles is 1. The number of morpholine rings is 1. The molecule has 1 aromatic rings. The van der Waals surface area contributed by atoms with Crippen molar-refractivity contribution in [2.75, 3.05) is 37.7 Å². The molecule has 2 fully saturated rings. The zero-order valence-corrected chi connectivity index (χ0v) is 11.9. The Morgan fingerprint density at radius 1 is 1.33 bits per heavy atom. The van der Waals surface area contributed by atoms with Gasteiger partial charge in [0.05, 0.1) is 25.0 Å². The lowest BCUT2D eigenvalue weighted by molar-refractivity contribution is -0.143. The molecule has 0 aliphatic carbocycles. The van der Waals surface area contributed by atoms with Crippen molar-refractivity contribution in [1.82, 2.24) is 9.88 Å². The average molecular weight is 286 g/mol. The first-order valence-electron chi connectivity index (χ1n) is 7.29. The quantitative estimate of drug-likeness (QED) is 0.803. The van der Waals surface area contributed by atoms with Crippen LogP contribution in [0.15, 0.2) is 18.3 Å². The van der Waals surface area contributed by atoms with Crippen molar-refractivity contribution in [3.63, 3.8) is 0 Å². The number of aromatic nitrogens is 1. The fraction of sp³-hybridized carbons (Fsp3) is 0.533. The first-order chi connectivity index (χ1) is 10.3. The molecular formula is C15H18N4O2. The number of rotatable bonds is 2. The number of likely N-dealkylation sites (tertiary alicyclic amines) is 1. The van der Waals surface area contributed by atoms with Gasteiger partial charge in [-0.2, -0.15) is 5.26 Å². The summed E-state index contributed by atoms with van der Waals surface area (Å²) >= 11 is 0. The number of carbonyl (C=O) groups is 1. The van der Waals surface area contributed by atoms with Crippen LogP contribution >= 0.6 is 0 Å². The zero-order chi connectivity index (χ0) is 14.7. The van der Waals surface area contributed by atoms with Crippen molar-refractivity contribution in [3.05, 3.63) is 24.0 Å². The summed E-state index contributed by atoms with van der Waals surface area (Å²) in [6.45, 7) is 3.50. The number of anilines is 1. The molecule has 0 radical (unpaired) electrons. The summed E-state index contributed by atoms with van der Waals surface area (Å²) < 4.78 is 5.64. The average Bonchev–Trinajstić information content (AvgIpc) is 3.09. The van der Waals surface area contributed by atoms with E-state index >= 15 is 0 Å². The van der Waals surface area contributed by atoms with E-state index in [2.05, 4.69) is 9.88 Å². The van der Waals surface area contributed by atoms with Crippen LogP contribution in [0.25, 0.3) is 0 Å². The smallest absolute Gasteiger partial charge is 0.253 e. The highest BCUT2D eigenvalue weighted by Crippen LogP contribution is 2.19. The SMILES string of the molecule is N#Cc1ccc(N2CCOC(C(=O)N3CCCC3)C2)cn1. The fourth-order valence-electron chi connectivity index (χ4n) is 2.81. The van der Waals surface area contributed by atoms with E-state index < -0.39 is 6.10 Å². The highest BCUT2D eigenvalue weighted by molar-refractivity contribution is 5.82. The highest BCUT2D eigenvalue weighted by Gasteiger charge is 2.31. The van der Waals surface area contributed by atoms with Gasteiger partial charge in [0, 0.05) is 19.6 Å². The Hall–Kier alpha value is -2.13. The standard InChI is InChI=1S/C15H18N4O2/c16-9-12-3-4-13(10-17-12)19-7-8-21-14(11-19)15(20)18-5-1-2-6-18/h3-4,10,14H,1-2,5-8,11H2. The van der Waals surface area contributed by atoms with Gasteiger partial charge in [-0.25, -0.2) is 4.98 Å². The third-order valence-electron chi connectivity index (χ3n) is 3.99. The molecule has 1 amide bonds. The first kappa shape index (κ1) is 13.8. The molecule has 1 atom stereocenters. The van der Waals surface area contributed by atoms with Crippen molar-refractivity contribution in [2.24, 2.45) is 0 Å². The molecule has 21 heavy (non-hydrogen) atoms. The van der Waals surface area contributed by atoms with Gasteiger partial charge in [0.2, 0.25) is 0 Å². The van der Waals surface area contributed by atoms with E-state index in [-0.39, 0.29) is 5.91 Å². The highest BCUT2D eigenvalue weighted by atomic mass is 16.5.